The van der Waals surface area contributed by atoms with Crippen LogP contribution < -0.4 is 15.8 Å². The van der Waals surface area contributed by atoms with Crippen LogP contribution in [0.3, 0.4) is 0 Å². The molecule has 2 aliphatic heterocycles. The normalized spacial score (nSPS) is 26.9. The predicted octanol–water partition coefficient (Wildman–Crippen LogP) is 4.21. The Labute approximate surface area is 218 Å². The summed E-state index contributed by atoms with van der Waals surface area (Å²) in [5.74, 6) is 0.744. The van der Waals surface area contributed by atoms with Crippen molar-refractivity contribution in [1.82, 2.24) is 10.2 Å². The summed E-state index contributed by atoms with van der Waals surface area (Å²) in [7, 11) is 1.64. The van der Waals surface area contributed by atoms with Crippen LogP contribution in [-0.2, 0) is 14.3 Å². The number of fused-ring (bicyclic) bond motifs is 1. The molecule has 4 atom stereocenters. The molecule has 2 heterocycles. The van der Waals surface area contributed by atoms with Gasteiger partial charge in [0.15, 0.2) is 5.96 Å². The maximum atomic E-state index is 13.4. The number of carbonyl (C=O) groups is 2. The highest BCUT2D eigenvalue weighted by Crippen LogP contribution is 2.47. The highest BCUT2D eigenvalue weighted by Gasteiger charge is 2.53. The molecule has 3 aliphatic rings. The van der Waals surface area contributed by atoms with Gasteiger partial charge in [0.1, 0.15) is 11.4 Å². The van der Waals surface area contributed by atoms with Crippen molar-refractivity contribution in [2.45, 2.75) is 89.4 Å². The van der Waals surface area contributed by atoms with Crippen molar-refractivity contribution >= 4 is 29.4 Å². The maximum absolute atomic E-state index is 13.4. The molecule has 0 saturated heterocycles. The summed E-state index contributed by atoms with van der Waals surface area (Å²) in [6.45, 7) is 8.57. The van der Waals surface area contributed by atoms with Crippen molar-refractivity contribution < 1.29 is 19.1 Å². The smallest absolute Gasteiger partial charge is 0.231 e. The summed E-state index contributed by atoms with van der Waals surface area (Å²) in [5.41, 5.74) is 6.45. The van der Waals surface area contributed by atoms with Crippen LogP contribution in [0.4, 0.5) is 0 Å². The van der Waals surface area contributed by atoms with E-state index in [0.717, 1.165) is 18.4 Å². The van der Waals surface area contributed by atoms with E-state index in [-0.39, 0.29) is 41.7 Å². The molecule has 1 aromatic rings. The predicted molar refractivity (Wildman–Crippen MR) is 140 cm³/mol. The van der Waals surface area contributed by atoms with Gasteiger partial charge in [0.2, 0.25) is 11.8 Å². The molecular formula is C27H39ClN4O4. The standard InChI is InChI=1S/C27H39ClN4O4/c1-6-27(7-2)15-23(33)32(25(29)31-27)21(10-11-35-5)18-13-19(18)24(34)30-20-14-26(3,4)36-22-12-16(28)8-9-17(20)22/h8-9,12,18-21H,6-7,10-11,13-15H2,1-5H3,(H2,29,31)(H,30,34)/t18-,19-,20?,21+/m0/s1. The minimum atomic E-state index is -0.435. The molecule has 0 spiro atoms. The lowest BCUT2D eigenvalue weighted by molar-refractivity contribution is -0.133. The second-order valence-electron chi connectivity index (χ2n) is 11.0. The number of carbonyl (C=O) groups excluding carboxylic acids is 2. The van der Waals surface area contributed by atoms with Crippen LogP contribution in [0.5, 0.6) is 5.75 Å². The zero-order valence-electron chi connectivity index (χ0n) is 22.0. The molecule has 4 rings (SSSR count). The van der Waals surface area contributed by atoms with Crippen molar-refractivity contribution in [3.63, 3.8) is 0 Å². The van der Waals surface area contributed by atoms with Crippen LogP contribution in [-0.4, -0.2) is 53.6 Å². The quantitative estimate of drug-likeness (QED) is 0.509. The van der Waals surface area contributed by atoms with E-state index in [2.05, 4.69) is 5.32 Å². The Bertz CT molecular complexity index is 1040. The molecule has 1 aromatic carbocycles. The number of nitrogens with one attached hydrogen (secondary N) is 1. The topological polar surface area (TPSA) is 106 Å². The number of ether oxygens (including phenoxy) is 2. The number of rotatable bonds is 9. The summed E-state index contributed by atoms with van der Waals surface area (Å²) < 4.78 is 11.4. The first-order valence-corrected chi connectivity index (χ1v) is 13.4. The Balaban J connectivity index is 1.51. The number of halogens is 1. The van der Waals surface area contributed by atoms with E-state index in [0.29, 0.717) is 43.1 Å². The summed E-state index contributed by atoms with van der Waals surface area (Å²) in [4.78, 5) is 33.1. The lowest BCUT2D eigenvalue weighted by Crippen LogP contribution is -2.56. The Hall–Kier alpha value is -2.32. The van der Waals surface area contributed by atoms with E-state index in [1.807, 2.05) is 39.8 Å². The number of nitrogens with two attached hydrogens (primary N) is 1. The van der Waals surface area contributed by atoms with Crippen LogP contribution in [0, 0.1) is 11.8 Å². The van der Waals surface area contributed by atoms with Gasteiger partial charge in [-0.3, -0.25) is 14.5 Å². The van der Waals surface area contributed by atoms with Gasteiger partial charge in [0.05, 0.1) is 18.0 Å². The van der Waals surface area contributed by atoms with Crippen LogP contribution in [0.15, 0.2) is 23.2 Å². The number of hydrogen-bond acceptors (Lipinski definition) is 6. The second kappa shape index (κ2) is 10.2. The van der Waals surface area contributed by atoms with E-state index < -0.39 is 11.1 Å². The summed E-state index contributed by atoms with van der Waals surface area (Å²) in [6.07, 6.45) is 3.81. The van der Waals surface area contributed by atoms with E-state index in [1.165, 1.54) is 0 Å². The van der Waals surface area contributed by atoms with Crippen molar-refractivity contribution in [2.75, 3.05) is 13.7 Å². The van der Waals surface area contributed by atoms with Crippen LogP contribution >= 0.6 is 11.6 Å². The number of amides is 2. The molecule has 198 valence electrons. The van der Waals surface area contributed by atoms with Crippen molar-refractivity contribution in [2.24, 2.45) is 22.6 Å². The third kappa shape index (κ3) is 5.35. The molecular weight excluding hydrogens is 480 g/mol. The van der Waals surface area contributed by atoms with Crippen LogP contribution in [0.25, 0.3) is 0 Å². The first-order valence-electron chi connectivity index (χ1n) is 13.0. The molecule has 0 radical (unpaired) electrons. The van der Waals surface area contributed by atoms with Crippen molar-refractivity contribution in [3.05, 3.63) is 28.8 Å². The molecule has 9 heteroatoms. The van der Waals surface area contributed by atoms with Crippen molar-refractivity contribution in [1.29, 1.82) is 0 Å². The van der Waals surface area contributed by atoms with Crippen LogP contribution in [0.2, 0.25) is 5.02 Å². The van der Waals surface area contributed by atoms with E-state index in [1.54, 1.807) is 18.1 Å². The van der Waals surface area contributed by atoms with E-state index in [4.69, 9.17) is 31.8 Å². The molecule has 1 aliphatic carbocycles. The summed E-state index contributed by atoms with van der Waals surface area (Å²) in [5, 5.41) is 3.85. The lowest BCUT2D eigenvalue weighted by atomic mass is 9.87. The number of hydrogen-bond donors (Lipinski definition) is 2. The van der Waals surface area contributed by atoms with Gasteiger partial charge in [-0.15, -0.1) is 0 Å². The lowest BCUT2D eigenvalue weighted by Gasteiger charge is -2.40. The summed E-state index contributed by atoms with van der Waals surface area (Å²) in [6, 6.07) is 5.14. The fraction of sp³-hybridized carbons (Fsp3) is 0.667. The van der Waals surface area contributed by atoms with Crippen molar-refractivity contribution in [3.8, 4) is 5.75 Å². The van der Waals surface area contributed by atoms with E-state index >= 15 is 0 Å². The SMILES string of the molecule is CCC1(CC)CC(=O)N([C@H](CCOC)[C@H]2C[C@@H]2C(=O)NC2CC(C)(C)Oc3cc(Cl)ccc32)C(N)=N1. The largest absolute Gasteiger partial charge is 0.487 e. The molecule has 8 nitrogen and oxygen atoms in total. The van der Waals surface area contributed by atoms with Gasteiger partial charge in [0, 0.05) is 42.7 Å². The van der Waals surface area contributed by atoms with Gasteiger partial charge in [-0.2, -0.15) is 0 Å². The Morgan fingerprint density at radius 3 is 2.72 bits per heavy atom. The van der Waals surface area contributed by atoms with Gasteiger partial charge in [-0.25, -0.2) is 4.99 Å². The minimum Gasteiger partial charge on any atom is -0.487 e. The third-order valence-electron chi connectivity index (χ3n) is 8.03. The fourth-order valence-corrected chi connectivity index (χ4v) is 5.95. The molecule has 0 bridgehead atoms. The molecule has 1 unspecified atom stereocenters. The first kappa shape index (κ1) is 26.7. The number of nitrogens with zero attached hydrogens (tertiary/aromatic N) is 2. The fourth-order valence-electron chi connectivity index (χ4n) is 5.79. The number of guanidine groups is 1. The monoisotopic (exact) mass is 518 g/mol. The average Bonchev–Trinajstić information content (AvgIpc) is 3.60. The second-order valence-corrected chi connectivity index (χ2v) is 11.4. The Morgan fingerprint density at radius 2 is 2.08 bits per heavy atom. The average molecular weight is 519 g/mol. The molecule has 2 amide bonds. The zero-order valence-corrected chi connectivity index (χ0v) is 22.7. The molecule has 3 N–H and O–H groups in total. The van der Waals surface area contributed by atoms with Gasteiger partial charge in [-0.05, 0) is 57.6 Å². The summed E-state index contributed by atoms with van der Waals surface area (Å²) >= 11 is 6.18. The molecule has 1 saturated carbocycles. The number of benzene rings is 1. The molecule has 1 fully saturated rings. The minimum absolute atomic E-state index is 0.00569. The zero-order chi connectivity index (χ0) is 26.3. The van der Waals surface area contributed by atoms with Gasteiger partial charge in [0.25, 0.3) is 0 Å². The van der Waals surface area contributed by atoms with Crippen LogP contribution in [0.1, 0.15) is 77.8 Å². The Morgan fingerprint density at radius 1 is 1.36 bits per heavy atom. The highest BCUT2D eigenvalue weighted by atomic mass is 35.5. The van der Waals surface area contributed by atoms with Gasteiger partial charge < -0.3 is 20.5 Å². The van der Waals surface area contributed by atoms with Gasteiger partial charge >= 0.3 is 0 Å². The highest BCUT2D eigenvalue weighted by molar-refractivity contribution is 6.30. The first-order chi connectivity index (χ1) is 17.0. The Kier molecular flexibility index (Phi) is 7.58. The molecule has 0 aromatic heterocycles. The number of aliphatic imine (C=N–C) groups is 1. The molecule has 36 heavy (non-hydrogen) atoms. The van der Waals surface area contributed by atoms with Gasteiger partial charge in [-0.1, -0.05) is 31.5 Å². The maximum Gasteiger partial charge on any atom is 0.231 e. The number of methoxy groups -OCH3 is 1. The third-order valence-corrected chi connectivity index (χ3v) is 8.27. The van der Waals surface area contributed by atoms with E-state index in [9.17, 15) is 9.59 Å².